The summed E-state index contributed by atoms with van der Waals surface area (Å²) in [4.78, 5) is 15.4. The van der Waals surface area contributed by atoms with E-state index in [9.17, 15) is 4.79 Å². The average molecular weight is 262 g/mol. The van der Waals surface area contributed by atoms with Gasteiger partial charge in [-0.25, -0.2) is 4.79 Å². The second kappa shape index (κ2) is 5.65. The van der Waals surface area contributed by atoms with Crippen molar-refractivity contribution in [1.29, 1.82) is 0 Å². The first-order valence-electron chi connectivity index (χ1n) is 5.60. The summed E-state index contributed by atoms with van der Waals surface area (Å²) in [6.45, 7) is 2.12. The summed E-state index contributed by atoms with van der Waals surface area (Å²) in [5.74, 6) is -0.375. The van der Waals surface area contributed by atoms with Gasteiger partial charge in [-0.3, -0.25) is 4.98 Å². The first-order valence-corrected chi connectivity index (χ1v) is 5.97. The van der Waals surface area contributed by atoms with Gasteiger partial charge < -0.3 is 4.74 Å². The second-order valence-corrected chi connectivity index (χ2v) is 4.06. The van der Waals surface area contributed by atoms with E-state index < -0.39 is 0 Å². The van der Waals surface area contributed by atoms with Gasteiger partial charge >= 0.3 is 5.97 Å². The molecule has 92 valence electrons. The summed E-state index contributed by atoms with van der Waals surface area (Å²) < 4.78 is 4.81. The fourth-order valence-electron chi connectivity index (χ4n) is 1.59. The van der Waals surface area contributed by atoms with Crippen molar-refractivity contribution in [2.24, 2.45) is 0 Å². The molecular weight excluding hydrogens is 250 g/mol. The highest BCUT2D eigenvalue weighted by Gasteiger charge is 2.02. The van der Waals surface area contributed by atoms with E-state index in [4.69, 9.17) is 16.3 Å². The van der Waals surface area contributed by atoms with E-state index in [-0.39, 0.29) is 5.97 Å². The Balaban J connectivity index is 2.33. The zero-order chi connectivity index (χ0) is 13.0. The lowest BCUT2D eigenvalue weighted by molar-refractivity contribution is -0.137. The van der Waals surface area contributed by atoms with Crippen molar-refractivity contribution >= 4 is 34.5 Å². The molecule has 0 N–H and O–H groups in total. The van der Waals surface area contributed by atoms with E-state index >= 15 is 0 Å². The molecule has 0 bridgehead atoms. The monoisotopic (exact) mass is 261 g/mol. The van der Waals surface area contributed by atoms with Crippen LogP contribution in [0.25, 0.3) is 17.0 Å². The number of halogens is 1. The lowest BCUT2D eigenvalue weighted by Crippen LogP contribution is -1.98. The standard InChI is InChI=1S/C14H12ClNO2/c1-2-18-14(17)6-5-10-8-11-4-3-7-16-13(11)9-12(10)15/h3-9H,2H2,1H3/b6-5+. The molecule has 1 aromatic carbocycles. The minimum absolute atomic E-state index is 0.360. The summed E-state index contributed by atoms with van der Waals surface area (Å²) in [6, 6.07) is 7.47. The number of aromatic nitrogens is 1. The van der Waals surface area contributed by atoms with Crippen molar-refractivity contribution in [2.45, 2.75) is 6.92 Å². The van der Waals surface area contributed by atoms with Gasteiger partial charge in [0.15, 0.2) is 0 Å². The number of ether oxygens (including phenoxy) is 1. The maximum absolute atomic E-state index is 11.2. The van der Waals surface area contributed by atoms with Crippen LogP contribution in [-0.2, 0) is 9.53 Å². The van der Waals surface area contributed by atoms with Crippen molar-refractivity contribution in [3.8, 4) is 0 Å². The number of rotatable bonds is 3. The Bertz CT molecular complexity index is 608. The molecule has 2 aromatic rings. The van der Waals surface area contributed by atoms with E-state index in [0.717, 1.165) is 16.5 Å². The molecule has 0 radical (unpaired) electrons. The molecule has 4 heteroatoms. The SMILES string of the molecule is CCOC(=O)/C=C/c1cc2cccnc2cc1Cl. The molecule has 3 nitrogen and oxygen atoms in total. The van der Waals surface area contributed by atoms with Crippen LogP contribution in [0.1, 0.15) is 12.5 Å². The lowest BCUT2D eigenvalue weighted by Gasteiger charge is -2.02. The van der Waals surface area contributed by atoms with Gasteiger partial charge in [0.2, 0.25) is 0 Å². The molecule has 2 rings (SSSR count). The van der Waals surface area contributed by atoms with Crippen LogP contribution in [0.15, 0.2) is 36.5 Å². The zero-order valence-electron chi connectivity index (χ0n) is 9.89. The first kappa shape index (κ1) is 12.6. The number of pyridine rings is 1. The summed E-state index contributed by atoms with van der Waals surface area (Å²) in [7, 11) is 0. The third kappa shape index (κ3) is 2.87. The fourth-order valence-corrected chi connectivity index (χ4v) is 1.81. The molecule has 0 spiro atoms. The predicted octanol–water partition coefficient (Wildman–Crippen LogP) is 3.46. The smallest absolute Gasteiger partial charge is 0.330 e. The summed E-state index contributed by atoms with van der Waals surface area (Å²) in [6.07, 6.45) is 4.73. The Morgan fingerprint density at radius 1 is 1.50 bits per heavy atom. The zero-order valence-corrected chi connectivity index (χ0v) is 10.6. The van der Waals surface area contributed by atoms with Gasteiger partial charge in [0.25, 0.3) is 0 Å². The Hall–Kier alpha value is -1.87. The van der Waals surface area contributed by atoms with E-state index in [1.807, 2.05) is 18.2 Å². The third-order valence-corrected chi connectivity index (χ3v) is 2.73. The van der Waals surface area contributed by atoms with Gasteiger partial charge in [0.05, 0.1) is 12.1 Å². The molecule has 1 heterocycles. The van der Waals surface area contributed by atoms with Crippen molar-refractivity contribution in [1.82, 2.24) is 4.98 Å². The topological polar surface area (TPSA) is 39.2 Å². The molecule has 1 aromatic heterocycles. The number of carbonyl (C=O) groups excluding carboxylic acids is 1. The minimum Gasteiger partial charge on any atom is -0.463 e. The van der Waals surface area contributed by atoms with Crippen molar-refractivity contribution < 1.29 is 9.53 Å². The summed E-state index contributed by atoms with van der Waals surface area (Å²) in [5, 5.41) is 1.53. The largest absolute Gasteiger partial charge is 0.463 e. The molecule has 0 atom stereocenters. The van der Waals surface area contributed by atoms with Crippen LogP contribution in [0.2, 0.25) is 5.02 Å². The van der Waals surface area contributed by atoms with Crippen LogP contribution < -0.4 is 0 Å². The van der Waals surface area contributed by atoms with E-state index in [0.29, 0.717) is 11.6 Å². The van der Waals surface area contributed by atoms with Crippen LogP contribution in [0.4, 0.5) is 0 Å². The number of nitrogens with zero attached hydrogens (tertiary/aromatic N) is 1. The molecule has 0 saturated carbocycles. The van der Waals surface area contributed by atoms with Gasteiger partial charge in [0.1, 0.15) is 0 Å². The normalized spacial score (nSPS) is 11.0. The molecule has 18 heavy (non-hydrogen) atoms. The lowest BCUT2D eigenvalue weighted by atomic mass is 10.1. The summed E-state index contributed by atoms with van der Waals surface area (Å²) in [5.41, 5.74) is 1.60. The first-order chi connectivity index (χ1) is 8.70. The Morgan fingerprint density at radius 3 is 3.11 bits per heavy atom. The predicted molar refractivity (Wildman–Crippen MR) is 72.4 cm³/mol. The average Bonchev–Trinajstić information content (AvgIpc) is 2.36. The van der Waals surface area contributed by atoms with E-state index in [1.165, 1.54) is 6.08 Å². The van der Waals surface area contributed by atoms with Crippen LogP contribution in [0.3, 0.4) is 0 Å². The number of benzene rings is 1. The number of hydrogen-bond acceptors (Lipinski definition) is 3. The molecule has 0 fully saturated rings. The van der Waals surface area contributed by atoms with Crippen LogP contribution in [0.5, 0.6) is 0 Å². The Kier molecular flexibility index (Phi) is 3.95. The van der Waals surface area contributed by atoms with E-state index in [1.54, 1.807) is 25.3 Å². The molecule has 0 saturated heterocycles. The van der Waals surface area contributed by atoms with Crippen molar-refractivity contribution in [3.63, 3.8) is 0 Å². The molecule has 0 aliphatic rings. The molecule has 0 unspecified atom stereocenters. The number of fused-ring (bicyclic) bond motifs is 1. The van der Waals surface area contributed by atoms with Gasteiger partial charge in [-0.15, -0.1) is 0 Å². The minimum atomic E-state index is -0.375. The second-order valence-electron chi connectivity index (χ2n) is 3.66. The highest BCUT2D eigenvalue weighted by atomic mass is 35.5. The van der Waals surface area contributed by atoms with Crippen molar-refractivity contribution in [2.75, 3.05) is 6.61 Å². The highest BCUT2D eigenvalue weighted by molar-refractivity contribution is 6.32. The number of carbonyl (C=O) groups is 1. The van der Waals surface area contributed by atoms with Gasteiger partial charge in [-0.1, -0.05) is 17.7 Å². The molecule has 0 amide bonds. The molecule has 0 aliphatic carbocycles. The van der Waals surface area contributed by atoms with Crippen LogP contribution >= 0.6 is 11.6 Å². The van der Waals surface area contributed by atoms with Gasteiger partial charge in [0, 0.05) is 22.7 Å². The van der Waals surface area contributed by atoms with Gasteiger partial charge in [-0.05, 0) is 36.8 Å². The summed E-state index contributed by atoms with van der Waals surface area (Å²) >= 11 is 6.12. The van der Waals surface area contributed by atoms with Crippen LogP contribution in [0, 0.1) is 0 Å². The number of esters is 1. The molecular formula is C14H12ClNO2. The Labute approximate surface area is 110 Å². The quantitative estimate of drug-likeness (QED) is 0.627. The van der Waals surface area contributed by atoms with Crippen molar-refractivity contribution in [3.05, 3.63) is 47.1 Å². The van der Waals surface area contributed by atoms with Crippen LogP contribution in [-0.4, -0.2) is 17.6 Å². The maximum atomic E-state index is 11.2. The number of hydrogen-bond donors (Lipinski definition) is 0. The third-order valence-electron chi connectivity index (χ3n) is 2.41. The highest BCUT2D eigenvalue weighted by Crippen LogP contribution is 2.23. The maximum Gasteiger partial charge on any atom is 0.330 e. The van der Waals surface area contributed by atoms with E-state index in [2.05, 4.69) is 4.98 Å². The fraction of sp³-hybridized carbons (Fsp3) is 0.143. The van der Waals surface area contributed by atoms with Gasteiger partial charge in [-0.2, -0.15) is 0 Å². The molecule has 0 aliphatic heterocycles. The Morgan fingerprint density at radius 2 is 2.33 bits per heavy atom.